The van der Waals surface area contributed by atoms with Gasteiger partial charge in [0, 0.05) is 5.92 Å². The first-order chi connectivity index (χ1) is 15.3. The fourth-order valence-corrected chi connectivity index (χ4v) is 5.81. The Labute approximate surface area is 187 Å². The monoisotopic (exact) mass is 458 g/mol. The van der Waals surface area contributed by atoms with Gasteiger partial charge in [-0.05, 0) is 50.6 Å². The molecule has 1 aromatic carbocycles. The average Bonchev–Trinajstić information content (AvgIpc) is 2.70. The zero-order valence-electron chi connectivity index (χ0n) is 17.8. The number of carbonyl (C=O) groups excluding carboxylic acids is 5. The van der Waals surface area contributed by atoms with Gasteiger partial charge in [-0.1, -0.05) is 0 Å². The molecule has 0 bridgehead atoms. The van der Waals surface area contributed by atoms with Crippen LogP contribution in [-0.2, 0) is 25.6 Å². The Morgan fingerprint density at radius 3 is 2.30 bits per heavy atom. The molecule has 0 spiro atoms. The number of fused-ring (bicyclic) bond motifs is 3. The number of phenolic OH excluding ortho intramolecular Hbond substituents is 1. The molecule has 174 valence electrons. The number of aromatic carboxylic acids is 1. The Kier molecular flexibility index (Phi) is 5.02. The van der Waals surface area contributed by atoms with Crippen molar-refractivity contribution in [3.8, 4) is 5.75 Å². The van der Waals surface area contributed by atoms with Crippen molar-refractivity contribution in [1.29, 1.82) is 0 Å². The van der Waals surface area contributed by atoms with Crippen molar-refractivity contribution < 1.29 is 44.1 Å². The van der Waals surface area contributed by atoms with E-state index < -0.39 is 76.1 Å². The van der Waals surface area contributed by atoms with Crippen molar-refractivity contribution in [2.45, 2.75) is 24.5 Å². The summed E-state index contributed by atoms with van der Waals surface area (Å²) in [6.07, 6.45) is -0.236. The third-order valence-electron chi connectivity index (χ3n) is 7.18. The van der Waals surface area contributed by atoms with Gasteiger partial charge >= 0.3 is 5.97 Å². The van der Waals surface area contributed by atoms with Crippen molar-refractivity contribution in [1.82, 2.24) is 4.90 Å². The van der Waals surface area contributed by atoms with Crippen LogP contribution in [0.4, 0.5) is 0 Å². The number of aliphatic hydroxyl groups is 1. The number of phenols is 1. The van der Waals surface area contributed by atoms with E-state index in [0.29, 0.717) is 0 Å². The lowest BCUT2D eigenvalue weighted by Gasteiger charge is -2.52. The van der Waals surface area contributed by atoms with E-state index in [1.54, 1.807) is 0 Å². The molecule has 5 N–H and O–H groups in total. The van der Waals surface area contributed by atoms with Crippen LogP contribution in [-0.4, -0.2) is 81.0 Å². The first kappa shape index (κ1) is 22.7. The quantitative estimate of drug-likeness (QED) is 0.390. The molecular weight excluding hydrogens is 436 g/mol. The highest BCUT2D eigenvalue weighted by atomic mass is 16.4. The standard InChI is InChI=1S/C22H22N2O9/c1-24(2)15-10-6-7-5-9-8(21(31)32)3-4-11(25)13(9)16(26)12(7)18(28)22(10,33)19(29)14(17(15)27)20(23)30/h3-4,7,10,12,14-15,25,33H,5-6H2,1-2H3,(H2,23,30)(H,31,32)/t7-,10-,12?,14?,15-,22-/m0/s1. The molecule has 0 aromatic heterocycles. The van der Waals surface area contributed by atoms with Gasteiger partial charge in [-0.25, -0.2) is 4.79 Å². The third-order valence-corrected chi connectivity index (χ3v) is 7.18. The average molecular weight is 458 g/mol. The molecule has 3 aliphatic carbocycles. The number of Topliss-reactive ketones (excluding diaryl/α,β-unsaturated/α-hetero) is 4. The molecule has 1 aromatic rings. The Morgan fingerprint density at radius 1 is 1.12 bits per heavy atom. The number of hydrogen-bond donors (Lipinski definition) is 4. The topological polar surface area (TPSA) is 192 Å². The number of aromatic hydroxyl groups is 1. The maximum Gasteiger partial charge on any atom is 0.335 e. The molecule has 0 aliphatic heterocycles. The van der Waals surface area contributed by atoms with Gasteiger partial charge < -0.3 is 21.1 Å². The number of nitrogens with two attached hydrogens (primary N) is 1. The zero-order chi connectivity index (χ0) is 24.6. The minimum atomic E-state index is -2.81. The van der Waals surface area contributed by atoms with Crippen molar-refractivity contribution in [3.63, 3.8) is 0 Å². The second-order valence-corrected chi connectivity index (χ2v) is 9.08. The van der Waals surface area contributed by atoms with E-state index in [0.717, 1.165) is 12.1 Å². The van der Waals surface area contributed by atoms with Gasteiger partial charge in [-0.2, -0.15) is 0 Å². The van der Waals surface area contributed by atoms with E-state index in [4.69, 9.17) is 5.73 Å². The lowest BCUT2D eigenvalue weighted by atomic mass is 9.52. The molecule has 33 heavy (non-hydrogen) atoms. The number of carbonyl (C=O) groups is 6. The molecule has 11 heteroatoms. The molecule has 0 heterocycles. The van der Waals surface area contributed by atoms with E-state index >= 15 is 0 Å². The summed E-state index contributed by atoms with van der Waals surface area (Å²) in [5.41, 5.74) is 1.93. The Bertz CT molecular complexity index is 1160. The van der Waals surface area contributed by atoms with Crippen LogP contribution in [0, 0.1) is 23.7 Å². The smallest absolute Gasteiger partial charge is 0.335 e. The fraction of sp³-hybridized carbons (Fsp3) is 0.455. The van der Waals surface area contributed by atoms with E-state index in [1.165, 1.54) is 19.0 Å². The molecule has 2 fully saturated rings. The van der Waals surface area contributed by atoms with Gasteiger partial charge in [0.2, 0.25) is 5.91 Å². The van der Waals surface area contributed by atoms with Crippen LogP contribution in [0.25, 0.3) is 0 Å². The number of benzene rings is 1. The van der Waals surface area contributed by atoms with Gasteiger partial charge in [0.05, 0.1) is 23.1 Å². The maximum atomic E-state index is 13.5. The molecule has 11 nitrogen and oxygen atoms in total. The van der Waals surface area contributed by atoms with E-state index in [-0.39, 0.29) is 29.5 Å². The molecule has 2 unspecified atom stereocenters. The maximum absolute atomic E-state index is 13.5. The van der Waals surface area contributed by atoms with Crippen molar-refractivity contribution in [3.05, 3.63) is 28.8 Å². The predicted octanol–water partition coefficient (Wildman–Crippen LogP) is -1.43. The molecule has 6 atom stereocenters. The van der Waals surface area contributed by atoms with E-state index in [1.807, 2.05) is 0 Å². The molecule has 2 saturated carbocycles. The second-order valence-electron chi connectivity index (χ2n) is 9.08. The van der Waals surface area contributed by atoms with Crippen LogP contribution in [0.5, 0.6) is 5.75 Å². The van der Waals surface area contributed by atoms with Gasteiger partial charge in [0.25, 0.3) is 0 Å². The highest BCUT2D eigenvalue weighted by Gasteiger charge is 2.69. The van der Waals surface area contributed by atoms with Crippen LogP contribution >= 0.6 is 0 Å². The summed E-state index contributed by atoms with van der Waals surface area (Å²) in [5, 5.41) is 31.2. The van der Waals surface area contributed by atoms with Crippen molar-refractivity contribution >= 4 is 35.0 Å². The highest BCUT2D eigenvalue weighted by Crippen LogP contribution is 2.50. The fourth-order valence-electron chi connectivity index (χ4n) is 5.81. The summed E-state index contributed by atoms with van der Waals surface area (Å²) in [5.74, 6) is -13.1. The van der Waals surface area contributed by atoms with Crippen LogP contribution in [0.1, 0.15) is 32.7 Å². The van der Waals surface area contributed by atoms with Crippen molar-refractivity contribution in [2.75, 3.05) is 14.1 Å². The van der Waals surface area contributed by atoms with E-state index in [2.05, 4.69) is 0 Å². The minimum Gasteiger partial charge on any atom is -0.507 e. The number of likely N-dealkylation sites (N-methyl/N-ethyl adjacent to an activating group) is 1. The van der Waals surface area contributed by atoms with Gasteiger partial charge in [-0.3, -0.25) is 28.9 Å². The predicted molar refractivity (Wildman–Crippen MR) is 108 cm³/mol. The minimum absolute atomic E-state index is 0.0527. The van der Waals surface area contributed by atoms with Crippen molar-refractivity contribution in [2.24, 2.45) is 29.4 Å². The van der Waals surface area contributed by atoms with Gasteiger partial charge in [-0.15, -0.1) is 0 Å². The summed E-state index contributed by atoms with van der Waals surface area (Å²) >= 11 is 0. The lowest BCUT2D eigenvalue weighted by molar-refractivity contribution is -0.181. The summed E-state index contributed by atoms with van der Waals surface area (Å²) in [4.78, 5) is 77.9. The third kappa shape index (κ3) is 2.89. The number of nitrogens with zero attached hydrogens (tertiary/aromatic N) is 1. The first-order valence-electron chi connectivity index (χ1n) is 10.3. The molecule has 1 amide bonds. The highest BCUT2D eigenvalue weighted by molar-refractivity contribution is 6.32. The molecular formula is C22H22N2O9. The summed E-state index contributed by atoms with van der Waals surface area (Å²) in [7, 11) is 2.96. The summed E-state index contributed by atoms with van der Waals surface area (Å²) in [6.45, 7) is 0. The van der Waals surface area contributed by atoms with Crippen LogP contribution in [0.15, 0.2) is 12.1 Å². The number of hydrogen-bond acceptors (Lipinski definition) is 9. The largest absolute Gasteiger partial charge is 0.507 e. The number of primary amides is 1. The van der Waals surface area contributed by atoms with Gasteiger partial charge in [0.1, 0.15) is 5.75 Å². The van der Waals surface area contributed by atoms with Crippen LogP contribution < -0.4 is 5.73 Å². The second kappa shape index (κ2) is 7.29. The first-order valence-corrected chi connectivity index (χ1v) is 10.3. The Morgan fingerprint density at radius 2 is 1.76 bits per heavy atom. The Balaban J connectivity index is 1.90. The number of carboxylic acids is 1. The van der Waals surface area contributed by atoms with Crippen LogP contribution in [0.3, 0.4) is 0 Å². The van der Waals surface area contributed by atoms with Crippen LogP contribution in [0.2, 0.25) is 0 Å². The molecule has 0 radical (unpaired) electrons. The molecule has 0 saturated heterocycles. The number of rotatable bonds is 3. The molecule has 4 rings (SSSR count). The Hall–Kier alpha value is -3.44. The SMILES string of the molecule is CN(C)[C@@H]1C(=O)C(C(N)=O)C(=O)[C@@]2(O)C(=O)C3C(=O)c4c(O)ccc(C(=O)O)c4C[C@H]3C[C@@H]12. The zero-order valence-corrected chi connectivity index (χ0v) is 17.8. The summed E-state index contributed by atoms with van der Waals surface area (Å²) in [6, 6.07) is 0.967. The number of ketones is 4. The number of carboxylic acid groups (broad SMARTS) is 1. The number of amides is 1. The molecule has 3 aliphatic rings. The van der Waals surface area contributed by atoms with Gasteiger partial charge in [0.15, 0.2) is 34.7 Å². The summed E-state index contributed by atoms with van der Waals surface area (Å²) < 4.78 is 0. The lowest BCUT2D eigenvalue weighted by Crippen LogP contribution is -2.74. The normalized spacial score (nSPS) is 33.4. The van der Waals surface area contributed by atoms with E-state index in [9.17, 15) is 44.1 Å².